The lowest BCUT2D eigenvalue weighted by Crippen LogP contribution is -2.08. The molecule has 0 bridgehead atoms. The van der Waals surface area contributed by atoms with E-state index in [9.17, 15) is 0 Å². The lowest BCUT2D eigenvalue weighted by molar-refractivity contribution is 0.587. The molecule has 0 spiro atoms. The number of rotatable bonds is 9. The molecule has 0 nitrogen and oxygen atoms in total. The Labute approximate surface area is 110 Å². The molecule has 0 aromatic carbocycles. The highest BCUT2D eigenvalue weighted by Crippen LogP contribution is 2.21. The molecule has 0 saturated heterocycles. The maximum atomic E-state index is 6.25. The van der Waals surface area contributed by atoms with Crippen molar-refractivity contribution in [2.75, 3.05) is 5.33 Å². The quantitative estimate of drug-likeness (QED) is 0.381. The molecule has 0 heterocycles. The van der Waals surface area contributed by atoms with Gasteiger partial charge in [-0.05, 0) is 19.3 Å². The minimum atomic E-state index is 0.357. The van der Waals surface area contributed by atoms with Crippen molar-refractivity contribution in [3.05, 3.63) is 0 Å². The summed E-state index contributed by atoms with van der Waals surface area (Å²) in [5, 5.41) is 1.41. The third-order valence-electron chi connectivity index (χ3n) is 2.30. The van der Waals surface area contributed by atoms with E-state index in [1.165, 1.54) is 32.1 Å². The van der Waals surface area contributed by atoms with Crippen LogP contribution in [0.5, 0.6) is 0 Å². The van der Waals surface area contributed by atoms with Gasteiger partial charge in [0.1, 0.15) is 0 Å². The van der Waals surface area contributed by atoms with Crippen LogP contribution in [0, 0.1) is 0 Å². The second-order valence-electron chi connectivity index (χ2n) is 3.76. The first-order valence-corrected chi connectivity index (χ1v) is 8.02. The minimum Gasteiger partial charge on any atom is -0.123 e. The van der Waals surface area contributed by atoms with Crippen LogP contribution < -0.4 is 0 Å². The largest absolute Gasteiger partial charge is 0.123 e. The molecule has 0 aliphatic carbocycles. The standard InChI is InChI=1S/C11H21Br2Cl/c1-2-3-4-5-6-11(14)9-10(13)7-8-12/h10-11H,2-9H2,1H3. The van der Waals surface area contributed by atoms with Crippen LogP contribution in [-0.2, 0) is 0 Å². The summed E-state index contributed by atoms with van der Waals surface area (Å²) in [5.41, 5.74) is 0. The molecule has 2 unspecified atom stereocenters. The Hall–Kier alpha value is 1.25. The van der Waals surface area contributed by atoms with Crippen LogP contribution in [0.25, 0.3) is 0 Å². The van der Waals surface area contributed by atoms with E-state index in [0.717, 1.165) is 18.2 Å². The molecule has 0 saturated carbocycles. The maximum Gasteiger partial charge on any atom is 0.0346 e. The van der Waals surface area contributed by atoms with Gasteiger partial charge in [0.25, 0.3) is 0 Å². The van der Waals surface area contributed by atoms with E-state index in [1.54, 1.807) is 0 Å². The van der Waals surface area contributed by atoms with Crippen molar-refractivity contribution in [1.82, 2.24) is 0 Å². The van der Waals surface area contributed by atoms with E-state index in [1.807, 2.05) is 0 Å². The third-order valence-corrected chi connectivity index (χ3v) is 3.99. The van der Waals surface area contributed by atoms with Gasteiger partial charge in [0.05, 0.1) is 0 Å². The van der Waals surface area contributed by atoms with Gasteiger partial charge in [0.2, 0.25) is 0 Å². The Morgan fingerprint density at radius 2 is 1.86 bits per heavy atom. The van der Waals surface area contributed by atoms with Crippen LogP contribution in [0.1, 0.15) is 51.9 Å². The normalized spacial score (nSPS) is 15.4. The molecule has 0 aliphatic heterocycles. The van der Waals surface area contributed by atoms with Crippen molar-refractivity contribution in [1.29, 1.82) is 0 Å². The summed E-state index contributed by atoms with van der Waals surface area (Å²) in [6.07, 6.45) is 8.71. The van der Waals surface area contributed by atoms with Crippen molar-refractivity contribution in [3.63, 3.8) is 0 Å². The van der Waals surface area contributed by atoms with E-state index in [0.29, 0.717) is 10.2 Å². The maximum absolute atomic E-state index is 6.25. The summed E-state index contributed by atoms with van der Waals surface area (Å²) in [5.74, 6) is 0. The van der Waals surface area contributed by atoms with Crippen LogP contribution in [0.4, 0.5) is 0 Å². The van der Waals surface area contributed by atoms with Gasteiger partial charge in [-0.2, -0.15) is 0 Å². The number of halogens is 3. The Balaban J connectivity index is 3.30. The minimum absolute atomic E-state index is 0.357. The molecule has 0 N–H and O–H groups in total. The zero-order valence-electron chi connectivity index (χ0n) is 8.95. The van der Waals surface area contributed by atoms with E-state index in [2.05, 4.69) is 38.8 Å². The second kappa shape index (κ2) is 10.8. The molecule has 0 aliphatic rings. The molecule has 86 valence electrons. The van der Waals surface area contributed by atoms with Gasteiger partial charge in [0, 0.05) is 15.5 Å². The highest BCUT2D eigenvalue weighted by atomic mass is 79.9. The van der Waals surface area contributed by atoms with Gasteiger partial charge < -0.3 is 0 Å². The highest BCUT2D eigenvalue weighted by Gasteiger charge is 2.10. The number of unbranched alkanes of at least 4 members (excludes halogenated alkanes) is 3. The summed E-state index contributed by atoms with van der Waals surface area (Å²) in [6, 6.07) is 0. The average molecular weight is 349 g/mol. The molecule has 0 aromatic rings. The fourth-order valence-electron chi connectivity index (χ4n) is 1.42. The molecule has 0 fully saturated rings. The fraction of sp³-hybridized carbons (Fsp3) is 1.00. The van der Waals surface area contributed by atoms with Crippen molar-refractivity contribution >= 4 is 43.5 Å². The lowest BCUT2D eigenvalue weighted by Gasteiger charge is -2.13. The van der Waals surface area contributed by atoms with Gasteiger partial charge >= 0.3 is 0 Å². The van der Waals surface area contributed by atoms with Crippen molar-refractivity contribution < 1.29 is 0 Å². The first-order valence-electron chi connectivity index (χ1n) is 5.54. The van der Waals surface area contributed by atoms with Crippen LogP contribution in [0.15, 0.2) is 0 Å². The van der Waals surface area contributed by atoms with Gasteiger partial charge in [-0.3, -0.25) is 0 Å². The molecule has 0 aromatic heterocycles. The molecule has 0 amide bonds. The summed E-state index contributed by atoms with van der Waals surface area (Å²) >= 11 is 13.3. The molecular formula is C11H21Br2Cl. The number of hydrogen-bond donors (Lipinski definition) is 0. The third kappa shape index (κ3) is 9.79. The van der Waals surface area contributed by atoms with E-state index in [-0.39, 0.29) is 0 Å². The number of hydrogen-bond acceptors (Lipinski definition) is 0. The predicted octanol–water partition coefficient (Wildman–Crippen LogP) is 5.50. The second-order valence-corrected chi connectivity index (χ2v) is 6.46. The Morgan fingerprint density at radius 1 is 1.14 bits per heavy atom. The summed E-state index contributed by atoms with van der Waals surface area (Å²) < 4.78 is 0. The van der Waals surface area contributed by atoms with Gasteiger partial charge in [-0.1, -0.05) is 64.5 Å². The summed E-state index contributed by atoms with van der Waals surface area (Å²) in [4.78, 5) is 0.579. The predicted molar refractivity (Wildman–Crippen MR) is 74.1 cm³/mol. The molecule has 0 rings (SSSR count). The summed E-state index contributed by atoms with van der Waals surface area (Å²) in [7, 11) is 0. The lowest BCUT2D eigenvalue weighted by atomic mass is 10.1. The smallest absolute Gasteiger partial charge is 0.0346 e. The zero-order valence-corrected chi connectivity index (χ0v) is 12.9. The monoisotopic (exact) mass is 346 g/mol. The molecule has 14 heavy (non-hydrogen) atoms. The van der Waals surface area contributed by atoms with Gasteiger partial charge in [-0.25, -0.2) is 0 Å². The first kappa shape index (κ1) is 15.2. The Morgan fingerprint density at radius 3 is 2.43 bits per heavy atom. The van der Waals surface area contributed by atoms with Crippen LogP contribution >= 0.6 is 43.5 Å². The van der Waals surface area contributed by atoms with Gasteiger partial charge in [0.15, 0.2) is 0 Å². The van der Waals surface area contributed by atoms with Crippen molar-refractivity contribution in [2.45, 2.75) is 62.1 Å². The molecule has 0 radical (unpaired) electrons. The average Bonchev–Trinajstić information content (AvgIpc) is 2.13. The van der Waals surface area contributed by atoms with E-state index in [4.69, 9.17) is 11.6 Å². The van der Waals surface area contributed by atoms with Crippen LogP contribution in [0.3, 0.4) is 0 Å². The van der Waals surface area contributed by atoms with E-state index < -0.39 is 0 Å². The summed E-state index contributed by atoms with van der Waals surface area (Å²) in [6.45, 7) is 2.24. The zero-order chi connectivity index (χ0) is 10.8. The van der Waals surface area contributed by atoms with Crippen LogP contribution in [-0.4, -0.2) is 15.5 Å². The SMILES string of the molecule is CCCCCCC(Cl)CC(Br)CCBr. The molecule has 3 heteroatoms. The Kier molecular flexibility index (Phi) is 11.7. The fourth-order valence-corrected chi connectivity index (χ4v) is 3.86. The Bertz CT molecular complexity index is 120. The van der Waals surface area contributed by atoms with Crippen molar-refractivity contribution in [2.24, 2.45) is 0 Å². The number of alkyl halides is 3. The molecular weight excluding hydrogens is 327 g/mol. The van der Waals surface area contributed by atoms with E-state index >= 15 is 0 Å². The topological polar surface area (TPSA) is 0 Å². The highest BCUT2D eigenvalue weighted by molar-refractivity contribution is 9.10. The van der Waals surface area contributed by atoms with Crippen molar-refractivity contribution in [3.8, 4) is 0 Å². The van der Waals surface area contributed by atoms with Crippen LogP contribution in [0.2, 0.25) is 0 Å². The van der Waals surface area contributed by atoms with Gasteiger partial charge in [-0.15, -0.1) is 11.6 Å². The molecule has 2 atom stereocenters. The first-order chi connectivity index (χ1) is 6.70.